The van der Waals surface area contributed by atoms with E-state index in [-0.39, 0.29) is 0 Å². The summed E-state index contributed by atoms with van der Waals surface area (Å²) in [4.78, 5) is 15.6. The zero-order valence-electron chi connectivity index (χ0n) is 26.7. The summed E-state index contributed by atoms with van der Waals surface area (Å²) in [5.74, 6) is 1.87. The summed E-state index contributed by atoms with van der Waals surface area (Å²) in [6.07, 6.45) is 0. The molecule has 0 radical (unpaired) electrons. The average molecular weight is 658 g/mol. The molecule has 234 valence electrons. The predicted octanol–water partition coefficient (Wildman–Crippen LogP) is 12.5. The van der Waals surface area contributed by atoms with E-state index in [0.29, 0.717) is 17.5 Å². The molecule has 5 heteroatoms. The standard InChI is InChI=1S/C45H27N3OS/c1-3-11-28(12-4-1)30-21-23-31(24-22-30)43-46-44(48-45(47-43)36-18-9-16-34-33-15-7-8-20-40(33)50-42(34)36)35-17-10-19-39-41(35)37-27-32(25-26-38(37)49-39)29-13-5-2-6-14-29/h1-27H. The minimum atomic E-state index is 0.605. The molecular formula is C45H27N3OS. The van der Waals surface area contributed by atoms with Gasteiger partial charge in [0.05, 0.1) is 0 Å². The Morgan fingerprint density at radius 3 is 1.76 bits per heavy atom. The number of fused-ring (bicyclic) bond motifs is 6. The number of thiophene rings is 1. The van der Waals surface area contributed by atoms with Crippen LogP contribution < -0.4 is 0 Å². The highest BCUT2D eigenvalue weighted by atomic mass is 32.1. The fraction of sp³-hybridized carbons (Fsp3) is 0. The molecule has 0 N–H and O–H groups in total. The van der Waals surface area contributed by atoms with Crippen LogP contribution in [-0.4, -0.2) is 15.0 Å². The first-order chi connectivity index (χ1) is 24.8. The number of furan rings is 1. The van der Waals surface area contributed by atoms with Crippen molar-refractivity contribution < 1.29 is 4.42 Å². The molecule has 0 aliphatic carbocycles. The molecule has 0 fully saturated rings. The minimum absolute atomic E-state index is 0.605. The van der Waals surface area contributed by atoms with Gasteiger partial charge in [-0.15, -0.1) is 11.3 Å². The van der Waals surface area contributed by atoms with Crippen molar-refractivity contribution in [3.63, 3.8) is 0 Å². The third-order valence-electron chi connectivity index (χ3n) is 9.37. The van der Waals surface area contributed by atoms with Crippen molar-refractivity contribution >= 4 is 53.4 Å². The molecule has 0 aliphatic rings. The molecule has 4 nitrogen and oxygen atoms in total. The quantitative estimate of drug-likeness (QED) is 0.185. The molecule has 0 atom stereocenters. The van der Waals surface area contributed by atoms with E-state index in [1.807, 2.05) is 24.3 Å². The van der Waals surface area contributed by atoms with Crippen LogP contribution in [0.4, 0.5) is 0 Å². The lowest BCUT2D eigenvalue weighted by atomic mass is 10.0. The highest BCUT2D eigenvalue weighted by Crippen LogP contribution is 2.41. The Morgan fingerprint density at radius 2 is 0.960 bits per heavy atom. The minimum Gasteiger partial charge on any atom is -0.456 e. The van der Waals surface area contributed by atoms with Crippen molar-refractivity contribution in [2.75, 3.05) is 0 Å². The Kier molecular flexibility index (Phi) is 6.64. The van der Waals surface area contributed by atoms with E-state index >= 15 is 0 Å². The largest absolute Gasteiger partial charge is 0.456 e. The fourth-order valence-electron chi connectivity index (χ4n) is 6.93. The lowest BCUT2D eigenvalue weighted by Gasteiger charge is -2.10. The normalized spacial score (nSPS) is 11.6. The first-order valence-electron chi connectivity index (χ1n) is 16.6. The van der Waals surface area contributed by atoms with Crippen molar-refractivity contribution in [2.24, 2.45) is 0 Å². The van der Waals surface area contributed by atoms with Gasteiger partial charge in [0.25, 0.3) is 0 Å². The molecule has 0 saturated heterocycles. The van der Waals surface area contributed by atoms with Gasteiger partial charge in [0, 0.05) is 47.6 Å². The second-order valence-corrected chi connectivity index (χ2v) is 13.4. The lowest BCUT2D eigenvalue weighted by molar-refractivity contribution is 0.669. The van der Waals surface area contributed by atoms with Crippen molar-refractivity contribution in [1.82, 2.24) is 15.0 Å². The molecule has 3 heterocycles. The summed E-state index contributed by atoms with van der Waals surface area (Å²) in [6, 6.07) is 56.8. The molecule has 0 unspecified atom stereocenters. The summed E-state index contributed by atoms with van der Waals surface area (Å²) >= 11 is 1.78. The van der Waals surface area contributed by atoms with Gasteiger partial charge >= 0.3 is 0 Å². The summed E-state index contributed by atoms with van der Waals surface area (Å²) in [7, 11) is 0. The first kappa shape index (κ1) is 28.6. The van der Waals surface area contributed by atoms with E-state index in [9.17, 15) is 0 Å². The van der Waals surface area contributed by atoms with Gasteiger partial charge < -0.3 is 4.42 Å². The smallest absolute Gasteiger partial charge is 0.165 e. The SMILES string of the molecule is c1ccc(-c2ccc(-c3nc(-c4cccc5c4sc4ccccc45)nc(-c4cccc5oc6ccc(-c7ccccc7)cc6c45)n3)cc2)cc1. The van der Waals surface area contributed by atoms with Crippen LogP contribution >= 0.6 is 11.3 Å². The zero-order chi connectivity index (χ0) is 33.0. The number of benzene rings is 7. The number of aromatic nitrogens is 3. The highest BCUT2D eigenvalue weighted by Gasteiger charge is 2.20. The van der Waals surface area contributed by atoms with Crippen LogP contribution in [0.25, 0.3) is 98.5 Å². The third kappa shape index (κ3) is 4.79. The van der Waals surface area contributed by atoms with Crippen LogP contribution in [0.2, 0.25) is 0 Å². The van der Waals surface area contributed by atoms with Crippen LogP contribution in [0.1, 0.15) is 0 Å². The number of nitrogens with zero attached hydrogens (tertiary/aromatic N) is 3. The van der Waals surface area contributed by atoms with Gasteiger partial charge in [0.2, 0.25) is 0 Å². The van der Waals surface area contributed by atoms with Crippen molar-refractivity contribution in [3.8, 4) is 56.4 Å². The van der Waals surface area contributed by atoms with E-state index in [4.69, 9.17) is 19.4 Å². The van der Waals surface area contributed by atoms with Gasteiger partial charge in [-0.3, -0.25) is 0 Å². The van der Waals surface area contributed by atoms with Crippen LogP contribution in [0.5, 0.6) is 0 Å². The van der Waals surface area contributed by atoms with E-state index in [1.165, 1.54) is 21.0 Å². The Morgan fingerprint density at radius 1 is 0.380 bits per heavy atom. The molecule has 0 saturated carbocycles. The fourth-order valence-corrected chi connectivity index (χ4v) is 8.15. The molecule has 0 spiro atoms. The lowest BCUT2D eigenvalue weighted by Crippen LogP contribution is -2.00. The molecule has 0 aliphatic heterocycles. The maximum atomic E-state index is 6.41. The summed E-state index contributed by atoms with van der Waals surface area (Å²) in [5, 5.41) is 4.46. The van der Waals surface area contributed by atoms with Gasteiger partial charge in [-0.05, 0) is 52.6 Å². The highest BCUT2D eigenvalue weighted by molar-refractivity contribution is 7.26. The topological polar surface area (TPSA) is 51.8 Å². The first-order valence-corrected chi connectivity index (χ1v) is 17.4. The van der Waals surface area contributed by atoms with Crippen LogP contribution in [0, 0.1) is 0 Å². The molecule has 0 bridgehead atoms. The van der Waals surface area contributed by atoms with Crippen LogP contribution in [-0.2, 0) is 0 Å². The van der Waals surface area contributed by atoms with Gasteiger partial charge in [-0.2, -0.15) is 0 Å². The Balaban J connectivity index is 1.21. The molecule has 0 amide bonds. The number of hydrogen-bond acceptors (Lipinski definition) is 5. The van der Waals surface area contributed by atoms with Crippen LogP contribution in [0.3, 0.4) is 0 Å². The molecule has 10 aromatic rings. The van der Waals surface area contributed by atoms with Crippen molar-refractivity contribution in [2.45, 2.75) is 0 Å². The van der Waals surface area contributed by atoms with E-state index in [1.54, 1.807) is 11.3 Å². The van der Waals surface area contributed by atoms with Crippen LogP contribution in [0.15, 0.2) is 168 Å². The van der Waals surface area contributed by atoms with Crippen molar-refractivity contribution in [3.05, 3.63) is 164 Å². The summed E-state index contributed by atoms with van der Waals surface area (Å²) < 4.78 is 8.82. The molecule has 10 rings (SSSR count). The van der Waals surface area contributed by atoms with Gasteiger partial charge in [-0.25, -0.2) is 15.0 Å². The van der Waals surface area contributed by atoms with Crippen molar-refractivity contribution in [1.29, 1.82) is 0 Å². The Hall–Kier alpha value is -6.43. The molecule has 50 heavy (non-hydrogen) atoms. The third-order valence-corrected chi connectivity index (χ3v) is 10.6. The second-order valence-electron chi connectivity index (χ2n) is 12.4. The monoisotopic (exact) mass is 657 g/mol. The molecular weight excluding hydrogens is 631 g/mol. The van der Waals surface area contributed by atoms with Gasteiger partial charge in [-0.1, -0.05) is 133 Å². The Labute approximate surface area is 292 Å². The van der Waals surface area contributed by atoms with E-state index in [0.717, 1.165) is 60.0 Å². The van der Waals surface area contributed by atoms with Gasteiger partial charge in [0.15, 0.2) is 17.5 Å². The summed E-state index contributed by atoms with van der Waals surface area (Å²) in [6.45, 7) is 0. The Bertz CT molecular complexity index is 2860. The zero-order valence-corrected chi connectivity index (χ0v) is 27.6. The maximum Gasteiger partial charge on any atom is 0.165 e. The average Bonchev–Trinajstić information content (AvgIpc) is 3.77. The summed E-state index contributed by atoms with van der Waals surface area (Å²) in [5.41, 5.74) is 9.03. The van der Waals surface area contributed by atoms with E-state index in [2.05, 4.69) is 140 Å². The molecule has 7 aromatic carbocycles. The molecule has 3 aromatic heterocycles. The van der Waals surface area contributed by atoms with Gasteiger partial charge in [0.1, 0.15) is 11.2 Å². The number of hydrogen-bond donors (Lipinski definition) is 0. The maximum absolute atomic E-state index is 6.41. The van der Waals surface area contributed by atoms with E-state index < -0.39 is 0 Å². The number of rotatable bonds is 5. The predicted molar refractivity (Wildman–Crippen MR) is 207 cm³/mol. The second kappa shape index (κ2) is 11.6.